The SMILES string of the molecule is Cc1ccccc1-c1cccc2c1CCC2. The Morgan fingerprint density at radius 2 is 1.62 bits per heavy atom. The van der Waals surface area contributed by atoms with Gasteiger partial charge in [-0.15, -0.1) is 0 Å². The third-order valence-electron chi connectivity index (χ3n) is 3.58. The molecule has 2 aromatic rings. The molecule has 3 rings (SSSR count). The average molecular weight is 208 g/mol. The molecule has 0 unspecified atom stereocenters. The topological polar surface area (TPSA) is 0 Å². The minimum absolute atomic E-state index is 1.25. The fraction of sp³-hybridized carbons (Fsp3) is 0.250. The van der Waals surface area contributed by atoms with E-state index in [-0.39, 0.29) is 0 Å². The Balaban J connectivity index is 2.21. The van der Waals surface area contributed by atoms with Crippen molar-refractivity contribution < 1.29 is 0 Å². The van der Waals surface area contributed by atoms with E-state index in [1.807, 2.05) is 0 Å². The van der Waals surface area contributed by atoms with Gasteiger partial charge in [0, 0.05) is 0 Å². The predicted molar refractivity (Wildman–Crippen MR) is 68.6 cm³/mol. The second-order valence-electron chi connectivity index (χ2n) is 4.61. The molecule has 0 fully saturated rings. The first-order valence-electron chi connectivity index (χ1n) is 6.03. The summed E-state index contributed by atoms with van der Waals surface area (Å²) in [4.78, 5) is 0. The van der Waals surface area contributed by atoms with E-state index in [1.165, 1.54) is 36.0 Å². The molecule has 80 valence electrons. The van der Waals surface area contributed by atoms with E-state index >= 15 is 0 Å². The second-order valence-corrected chi connectivity index (χ2v) is 4.61. The van der Waals surface area contributed by atoms with E-state index in [9.17, 15) is 0 Å². The molecular formula is C16H16. The molecule has 0 saturated heterocycles. The number of rotatable bonds is 1. The summed E-state index contributed by atoms with van der Waals surface area (Å²) in [5, 5.41) is 0. The lowest BCUT2D eigenvalue weighted by Gasteiger charge is -2.10. The molecule has 0 atom stereocenters. The summed E-state index contributed by atoms with van der Waals surface area (Å²) in [6.07, 6.45) is 3.83. The van der Waals surface area contributed by atoms with E-state index in [2.05, 4.69) is 49.4 Å². The zero-order chi connectivity index (χ0) is 11.0. The van der Waals surface area contributed by atoms with Crippen LogP contribution in [0.5, 0.6) is 0 Å². The van der Waals surface area contributed by atoms with Gasteiger partial charge in [0.1, 0.15) is 0 Å². The molecular weight excluding hydrogens is 192 g/mol. The van der Waals surface area contributed by atoms with Crippen LogP contribution >= 0.6 is 0 Å². The summed E-state index contributed by atoms with van der Waals surface area (Å²) >= 11 is 0. The Kier molecular flexibility index (Phi) is 2.28. The van der Waals surface area contributed by atoms with Crippen molar-refractivity contribution in [1.82, 2.24) is 0 Å². The molecule has 0 nitrogen and oxygen atoms in total. The van der Waals surface area contributed by atoms with Crippen molar-refractivity contribution in [3.63, 3.8) is 0 Å². The summed E-state index contributed by atoms with van der Waals surface area (Å²) in [6, 6.07) is 15.4. The summed E-state index contributed by atoms with van der Waals surface area (Å²) < 4.78 is 0. The van der Waals surface area contributed by atoms with E-state index in [0.717, 1.165) is 0 Å². The maximum Gasteiger partial charge on any atom is -0.0147 e. The molecule has 0 aromatic heterocycles. The maximum absolute atomic E-state index is 2.28. The van der Waals surface area contributed by atoms with Crippen LogP contribution in [-0.2, 0) is 12.8 Å². The van der Waals surface area contributed by atoms with E-state index in [4.69, 9.17) is 0 Å². The van der Waals surface area contributed by atoms with Crippen molar-refractivity contribution in [1.29, 1.82) is 0 Å². The van der Waals surface area contributed by atoms with Gasteiger partial charge in [-0.05, 0) is 54.0 Å². The highest BCUT2D eigenvalue weighted by Gasteiger charge is 2.15. The van der Waals surface area contributed by atoms with Crippen LogP contribution in [-0.4, -0.2) is 0 Å². The van der Waals surface area contributed by atoms with Gasteiger partial charge in [-0.25, -0.2) is 0 Å². The van der Waals surface area contributed by atoms with Crippen LogP contribution in [0.1, 0.15) is 23.1 Å². The molecule has 0 heterocycles. The maximum atomic E-state index is 2.28. The zero-order valence-corrected chi connectivity index (χ0v) is 9.66. The van der Waals surface area contributed by atoms with E-state index in [1.54, 1.807) is 11.1 Å². The third kappa shape index (κ3) is 1.46. The fourth-order valence-corrected chi connectivity index (χ4v) is 2.75. The van der Waals surface area contributed by atoms with Crippen molar-refractivity contribution in [3.05, 3.63) is 59.2 Å². The summed E-state index contributed by atoms with van der Waals surface area (Å²) in [5.41, 5.74) is 7.37. The molecule has 2 aromatic carbocycles. The molecule has 0 heteroatoms. The van der Waals surface area contributed by atoms with Gasteiger partial charge in [0.2, 0.25) is 0 Å². The summed E-state index contributed by atoms with van der Waals surface area (Å²) in [6.45, 7) is 2.20. The molecule has 0 spiro atoms. The van der Waals surface area contributed by atoms with Crippen LogP contribution in [0.25, 0.3) is 11.1 Å². The normalized spacial score (nSPS) is 13.8. The highest BCUT2D eigenvalue weighted by molar-refractivity contribution is 5.72. The van der Waals surface area contributed by atoms with Crippen molar-refractivity contribution in [2.75, 3.05) is 0 Å². The van der Waals surface area contributed by atoms with Crippen molar-refractivity contribution in [2.45, 2.75) is 26.2 Å². The van der Waals surface area contributed by atoms with Crippen LogP contribution < -0.4 is 0 Å². The van der Waals surface area contributed by atoms with Gasteiger partial charge in [-0.1, -0.05) is 42.5 Å². The van der Waals surface area contributed by atoms with Crippen LogP contribution in [0, 0.1) is 6.92 Å². The highest BCUT2D eigenvalue weighted by Crippen LogP contribution is 2.33. The Morgan fingerprint density at radius 1 is 0.812 bits per heavy atom. The third-order valence-corrected chi connectivity index (χ3v) is 3.58. The first-order chi connectivity index (χ1) is 7.86. The first-order valence-corrected chi connectivity index (χ1v) is 6.03. The molecule has 0 radical (unpaired) electrons. The van der Waals surface area contributed by atoms with Crippen LogP contribution in [0.2, 0.25) is 0 Å². The lowest BCUT2D eigenvalue weighted by atomic mass is 9.94. The van der Waals surface area contributed by atoms with E-state index in [0.29, 0.717) is 0 Å². The minimum atomic E-state index is 1.25. The smallest absolute Gasteiger partial charge is 0.0147 e. The van der Waals surface area contributed by atoms with Gasteiger partial charge in [-0.3, -0.25) is 0 Å². The molecule has 0 saturated carbocycles. The second kappa shape index (κ2) is 3.79. The number of aryl methyl sites for hydroxylation is 2. The van der Waals surface area contributed by atoms with Crippen LogP contribution in [0.4, 0.5) is 0 Å². The molecule has 0 aliphatic heterocycles. The number of benzene rings is 2. The van der Waals surface area contributed by atoms with Crippen molar-refractivity contribution >= 4 is 0 Å². The Bertz CT molecular complexity index is 523. The number of hydrogen-bond acceptors (Lipinski definition) is 0. The standard InChI is InChI=1S/C16H16/c1-12-6-2-3-9-14(12)16-11-5-8-13-7-4-10-15(13)16/h2-3,5-6,8-9,11H,4,7,10H2,1H3. The molecule has 1 aliphatic rings. The Morgan fingerprint density at radius 3 is 2.50 bits per heavy atom. The largest absolute Gasteiger partial charge is 0.0620 e. The minimum Gasteiger partial charge on any atom is -0.0620 e. The predicted octanol–water partition coefficient (Wildman–Crippen LogP) is 4.15. The first kappa shape index (κ1) is 9.65. The summed E-state index contributed by atoms with van der Waals surface area (Å²) in [7, 11) is 0. The highest BCUT2D eigenvalue weighted by atomic mass is 14.2. The van der Waals surface area contributed by atoms with Crippen molar-refractivity contribution in [3.8, 4) is 11.1 Å². The van der Waals surface area contributed by atoms with Gasteiger partial charge in [-0.2, -0.15) is 0 Å². The van der Waals surface area contributed by atoms with Gasteiger partial charge >= 0.3 is 0 Å². The van der Waals surface area contributed by atoms with Crippen LogP contribution in [0.15, 0.2) is 42.5 Å². The zero-order valence-electron chi connectivity index (χ0n) is 9.66. The molecule has 0 amide bonds. The summed E-state index contributed by atoms with van der Waals surface area (Å²) in [5.74, 6) is 0. The molecule has 0 N–H and O–H groups in total. The number of hydrogen-bond donors (Lipinski definition) is 0. The van der Waals surface area contributed by atoms with Crippen LogP contribution in [0.3, 0.4) is 0 Å². The van der Waals surface area contributed by atoms with Gasteiger partial charge in [0.05, 0.1) is 0 Å². The van der Waals surface area contributed by atoms with Crippen molar-refractivity contribution in [2.24, 2.45) is 0 Å². The molecule has 16 heavy (non-hydrogen) atoms. The Labute approximate surface area is 96.9 Å². The van der Waals surface area contributed by atoms with Gasteiger partial charge in [0.15, 0.2) is 0 Å². The number of fused-ring (bicyclic) bond motifs is 1. The lowest BCUT2D eigenvalue weighted by Crippen LogP contribution is -1.90. The average Bonchev–Trinajstić information content (AvgIpc) is 2.77. The monoisotopic (exact) mass is 208 g/mol. The molecule has 1 aliphatic carbocycles. The van der Waals surface area contributed by atoms with Gasteiger partial charge in [0.25, 0.3) is 0 Å². The van der Waals surface area contributed by atoms with Gasteiger partial charge < -0.3 is 0 Å². The van der Waals surface area contributed by atoms with E-state index < -0.39 is 0 Å². The quantitative estimate of drug-likeness (QED) is 0.660. The Hall–Kier alpha value is -1.56. The fourth-order valence-electron chi connectivity index (χ4n) is 2.75. The lowest BCUT2D eigenvalue weighted by molar-refractivity contribution is 0.912. The molecule has 0 bridgehead atoms.